The first-order valence-corrected chi connectivity index (χ1v) is 3.95. The Labute approximate surface area is 79.0 Å². The molecule has 0 aliphatic rings. The molecule has 2 rings (SSSR count). The third-order valence-electron chi connectivity index (χ3n) is 1.71. The second kappa shape index (κ2) is 3.37. The van der Waals surface area contributed by atoms with Gasteiger partial charge in [-0.2, -0.15) is 0 Å². The van der Waals surface area contributed by atoms with E-state index in [9.17, 15) is 4.79 Å². The molecule has 72 valence electrons. The summed E-state index contributed by atoms with van der Waals surface area (Å²) in [4.78, 5) is 14.4. The van der Waals surface area contributed by atoms with Crippen LogP contribution in [-0.2, 0) is 11.2 Å². The van der Waals surface area contributed by atoms with Gasteiger partial charge in [0.1, 0.15) is 17.9 Å². The highest BCUT2D eigenvalue weighted by atomic mass is 16.4. The quantitative estimate of drug-likeness (QED) is 0.800. The molecule has 0 aliphatic heterocycles. The van der Waals surface area contributed by atoms with E-state index in [1.54, 1.807) is 12.1 Å². The highest BCUT2D eigenvalue weighted by Crippen LogP contribution is 2.22. The van der Waals surface area contributed by atoms with Crippen LogP contribution in [0, 0.1) is 0 Å². The van der Waals surface area contributed by atoms with Gasteiger partial charge in [-0.1, -0.05) is 0 Å². The van der Waals surface area contributed by atoms with Gasteiger partial charge < -0.3 is 13.9 Å². The van der Waals surface area contributed by atoms with Gasteiger partial charge in [-0.05, 0) is 12.1 Å². The predicted molar refractivity (Wildman–Crippen MR) is 45.5 cm³/mol. The van der Waals surface area contributed by atoms with Crippen LogP contribution < -0.4 is 0 Å². The SMILES string of the molecule is O=C(O)Cc1ocnc1-c1ccco1. The van der Waals surface area contributed by atoms with Crippen molar-refractivity contribution in [2.24, 2.45) is 0 Å². The van der Waals surface area contributed by atoms with Gasteiger partial charge in [-0.25, -0.2) is 4.98 Å². The number of aliphatic carboxylic acids is 1. The van der Waals surface area contributed by atoms with E-state index < -0.39 is 5.97 Å². The topological polar surface area (TPSA) is 76.5 Å². The second-order valence-electron chi connectivity index (χ2n) is 2.67. The Morgan fingerprint density at radius 1 is 1.50 bits per heavy atom. The fraction of sp³-hybridized carbons (Fsp3) is 0.111. The fourth-order valence-corrected chi connectivity index (χ4v) is 1.15. The first-order chi connectivity index (χ1) is 6.77. The highest BCUT2D eigenvalue weighted by Gasteiger charge is 2.15. The van der Waals surface area contributed by atoms with Crippen LogP contribution in [0.3, 0.4) is 0 Å². The maximum atomic E-state index is 10.5. The number of nitrogens with zero attached hydrogens (tertiary/aromatic N) is 1. The smallest absolute Gasteiger partial charge is 0.311 e. The molecule has 2 aromatic rings. The van der Waals surface area contributed by atoms with Crippen molar-refractivity contribution in [2.75, 3.05) is 0 Å². The molecule has 1 N–H and O–H groups in total. The Morgan fingerprint density at radius 3 is 3.00 bits per heavy atom. The number of carboxylic acids is 1. The molecule has 2 aromatic heterocycles. The minimum Gasteiger partial charge on any atom is -0.481 e. The van der Waals surface area contributed by atoms with E-state index in [2.05, 4.69) is 4.98 Å². The molecule has 5 nitrogen and oxygen atoms in total. The van der Waals surface area contributed by atoms with Crippen molar-refractivity contribution >= 4 is 5.97 Å². The standard InChI is InChI=1S/C9H7NO4/c11-8(12)4-7-9(10-5-14-7)6-2-1-3-13-6/h1-3,5H,4H2,(H,11,12). The summed E-state index contributed by atoms with van der Waals surface area (Å²) in [5.74, 6) is -0.156. The zero-order valence-electron chi connectivity index (χ0n) is 7.14. The van der Waals surface area contributed by atoms with Crippen molar-refractivity contribution in [1.29, 1.82) is 0 Å². The number of hydrogen-bond acceptors (Lipinski definition) is 4. The van der Waals surface area contributed by atoms with E-state index in [4.69, 9.17) is 13.9 Å². The Balaban J connectivity index is 2.35. The summed E-state index contributed by atoms with van der Waals surface area (Å²) in [6, 6.07) is 3.40. The molecule has 0 fully saturated rings. The number of hydrogen-bond donors (Lipinski definition) is 1. The molecule has 0 unspecified atom stereocenters. The minimum atomic E-state index is -0.963. The van der Waals surface area contributed by atoms with E-state index in [0.717, 1.165) is 0 Å². The summed E-state index contributed by atoms with van der Waals surface area (Å²) in [7, 11) is 0. The number of carboxylic acid groups (broad SMARTS) is 1. The molecule has 5 heteroatoms. The summed E-state index contributed by atoms with van der Waals surface area (Å²) in [6.45, 7) is 0. The molecular formula is C9H7NO4. The minimum absolute atomic E-state index is 0.198. The lowest BCUT2D eigenvalue weighted by atomic mass is 10.2. The summed E-state index contributed by atoms with van der Waals surface area (Å²) < 4.78 is 10.0. The second-order valence-corrected chi connectivity index (χ2v) is 2.67. The zero-order valence-corrected chi connectivity index (χ0v) is 7.14. The first kappa shape index (κ1) is 8.55. The summed E-state index contributed by atoms with van der Waals surface area (Å²) in [6.07, 6.45) is 2.50. The van der Waals surface area contributed by atoms with E-state index in [1.807, 2.05) is 0 Å². The first-order valence-electron chi connectivity index (χ1n) is 3.95. The Morgan fingerprint density at radius 2 is 2.36 bits per heavy atom. The third-order valence-corrected chi connectivity index (χ3v) is 1.71. The van der Waals surface area contributed by atoms with Crippen molar-refractivity contribution < 1.29 is 18.7 Å². The molecular weight excluding hydrogens is 186 g/mol. The molecule has 0 spiro atoms. The van der Waals surface area contributed by atoms with Crippen LogP contribution in [0.15, 0.2) is 33.6 Å². The van der Waals surface area contributed by atoms with Gasteiger partial charge in [0.15, 0.2) is 12.2 Å². The summed E-state index contributed by atoms with van der Waals surface area (Å²) >= 11 is 0. The van der Waals surface area contributed by atoms with Crippen LogP contribution in [0.2, 0.25) is 0 Å². The number of carbonyl (C=O) groups is 1. The summed E-state index contributed by atoms with van der Waals surface area (Å²) in [5.41, 5.74) is 0.442. The molecule has 0 saturated heterocycles. The Bertz CT molecular complexity index is 429. The predicted octanol–water partition coefficient (Wildman–Crippen LogP) is 1.56. The highest BCUT2D eigenvalue weighted by molar-refractivity contribution is 5.72. The van der Waals surface area contributed by atoms with Crippen molar-refractivity contribution in [3.8, 4) is 11.5 Å². The van der Waals surface area contributed by atoms with Crippen LogP contribution in [-0.4, -0.2) is 16.1 Å². The van der Waals surface area contributed by atoms with E-state index in [-0.39, 0.29) is 6.42 Å². The monoisotopic (exact) mass is 193 g/mol. The average molecular weight is 193 g/mol. The van der Waals surface area contributed by atoms with Crippen LogP contribution in [0.5, 0.6) is 0 Å². The molecule has 14 heavy (non-hydrogen) atoms. The normalized spacial score (nSPS) is 10.3. The van der Waals surface area contributed by atoms with Crippen molar-refractivity contribution in [3.63, 3.8) is 0 Å². The van der Waals surface area contributed by atoms with E-state index in [1.165, 1.54) is 12.7 Å². The van der Waals surface area contributed by atoms with Gasteiger partial charge >= 0.3 is 5.97 Å². The van der Waals surface area contributed by atoms with Crippen molar-refractivity contribution in [3.05, 3.63) is 30.5 Å². The van der Waals surface area contributed by atoms with Crippen LogP contribution in [0.1, 0.15) is 5.76 Å². The zero-order chi connectivity index (χ0) is 9.97. The molecule has 0 bridgehead atoms. The van der Waals surface area contributed by atoms with Crippen molar-refractivity contribution in [2.45, 2.75) is 6.42 Å². The van der Waals surface area contributed by atoms with Gasteiger partial charge in [0.2, 0.25) is 0 Å². The molecule has 0 amide bonds. The van der Waals surface area contributed by atoms with E-state index >= 15 is 0 Å². The van der Waals surface area contributed by atoms with Crippen LogP contribution >= 0.6 is 0 Å². The molecule has 2 heterocycles. The largest absolute Gasteiger partial charge is 0.481 e. The number of oxazole rings is 1. The Kier molecular flexibility index (Phi) is 2.06. The lowest BCUT2D eigenvalue weighted by Gasteiger charge is -1.93. The van der Waals surface area contributed by atoms with Crippen molar-refractivity contribution in [1.82, 2.24) is 4.98 Å². The molecule has 0 atom stereocenters. The lowest BCUT2D eigenvalue weighted by Crippen LogP contribution is -1.99. The summed E-state index contributed by atoms with van der Waals surface area (Å²) in [5, 5.41) is 8.59. The fourth-order valence-electron chi connectivity index (χ4n) is 1.15. The van der Waals surface area contributed by atoms with E-state index in [0.29, 0.717) is 17.2 Å². The molecule has 0 aromatic carbocycles. The average Bonchev–Trinajstić information content (AvgIpc) is 2.70. The van der Waals surface area contributed by atoms with Gasteiger partial charge in [0, 0.05) is 0 Å². The number of aromatic nitrogens is 1. The number of rotatable bonds is 3. The van der Waals surface area contributed by atoms with Gasteiger partial charge in [0.25, 0.3) is 0 Å². The maximum absolute atomic E-state index is 10.5. The van der Waals surface area contributed by atoms with Crippen LogP contribution in [0.25, 0.3) is 11.5 Å². The van der Waals surface area contributed by atoms with Gasteiger partial charge in [-0.15, -0.1) is 0 Å². The van der Waals surface area contributed by atoms with Crippen LogP contribution in [0.4, 0.5) is 0 Å². The molecule has 0 radical (unpaired) electrons. The lowest BCUT2D eigenvalue weighted by molar-refractivity contribution is -0.136. The van der Waals surface area contributed by atoms with Gasteiger partial charge in [0.05, 0.1) is 6.26 Å². The Hall–Kier alpha value is -2.04. The molecule has 0 aliphatic carbocycles. The third kappa shape index (κ3) is 1.52. The maximum Gasteiger partial charge on any atom is 0.311 e. The van der Waals surface area contributed by atoms with Gasteiger partial charge in [-0.3, -0.25) is 4.79 Å². The molecule has 0 saturated carbocycles. The number of furan rings is 1.